The average Bonchev–Trinajstić information content (AvgIpc) is 2.70. The molecule has 0 bridgehead atoms. The minimum atomic E-state index is 0.242. The molecule has 0 unspecified atom stereocenters. The van der Waals surface area contributed by atoms with Gasteiger partial charge in [-0.25, -0.2) is 9.97 Å². The highest BCUT2D eigenvalue weighted by atomic mass is 16.2. The van der Waals surface area contributed by atoms with E-state index in [-0.39, 0.29) is 5.41 Å². The standard InChI is InChI=1S/C15H22N4O/c1-12-16-8-13(9-17-12)10-19-5-3-15(4-6-19)7-14(20)18(2)11-15/h8-9H,3-7,10-11H2,1-2H3. The average molecular weight is 274 g/mol. The number of nitrogens with zero attached hydrogens (tertiary/aromatic N) is 4. The number of rotatable bonds is 2. The highest BCUT2D eigenvalue weighted by Crippen LogP contribution is 2.40. The Balaban J connectivity index is 1.56. The second-order valence-corrected chi connectivity index (χ2v) is 6.34. The van der Waals surface area contributed by atoms with E-state index >= 15 is 0 Å². The molecule has 2 aliphatic rings. The number of hydrogen-bond donors (Lipinski definition) is 0. The minimum absolute atomic E-state index is 0.242. The maximum Gasteiger partial charge on any atom is 0.222 e. The molecule has 2 saturated heterocycles. The van der Waals surface area contributed by atoms with Gasteiger partial charge in [0.15, 0.2) is 0 Å². The summed E-state index contributed by atoms with van der Waals surface area (Å²) >= 11 is 0. The van der Waals surface area contributed by atoms with Crippen LogP contribution in [0.5, 0.6) is 0 Å². The first kappa shape index (κ1) is 13.5. The van der Waals surface area contributed by atoms with Gasteiger partial charge in [-0.2, -0.15) is 0 Å². The fourth-order valence-electron chi connectivity index (χ4n) is 3.38. The van der Waals surface area contributed by atoms with E-state index in [0.717, 1.165) is 51.3 Å². The molecule has 20 heavy (non-hydrogen) atoms. The molecule has 1 amide bonds. The molecule has 2 aliphatic heterocycles. The number of aromatic nitrogens is 2. The molecule has 0 aliphatic carbocycles. The normalized spacial score (nSPS) is 22.7. The Hall–Kier alpha value is -1.49. The van der Waals surface area contributed by atoms with E-state index in [2.05, 4.69) is 14.9 Å². The van der Waals surface area contributed by atoms with Crippen molar-refractivity contribution >= 4 is 5.91 Å². The summed E-state index contributed by atoms with van der Waals surface area (Å²) in [5.74, 6) is 1.13. The van der Waals surface area contributed by atoms with Crippen molar-refractivity contribution in [3.8, 4) is 0 Å². The third kappa shape index (κ3) is 2.68. The molecule has 2 fully saturated rings. The van der Waals surface area contributed by atoms with Gasteiger partial charge in [0, 0.05) is 44.5 Å². The van der Waals surface area contributed by atoms with Crippen molar-refractivity contribution < 1.29 is 4.79 Å². The lowest BCUT2D eigenvalue weighted by Crippen LogP contribution is -2.40. The molecule has 0 radical (unpaired) electrons. The van der Waals surface area contributed by atoms with Crippen LogP contribution < -0.4 is 0 Å². The van der Waals surface area contributed by atoms with E-state index in [0.29, 0.717) is 5.91 Å². The fraction of sp³-hybridized carbons (Fsp3) is 0.667. The summed E-state index contributed by atoms with van der Waals surface area (Å²) in [5, 5.41) is 0. The molecular weight excluding hydrogens is 252 g/mol. The van der Waals surface area contributed by atoms with Crippen molar-refractivity contribution in [1.29, 1.82) is 0 Å². The predicted molar refractivity (Wildman–Crippen MR) is 76.0 cm³/mol. The van der Waals surface area contributed by atoms with E-state index in [9.17, 15) is 4.79 Å². The van der Waals surface area contributed by atoms with E-state index in [1.807, 2.05) is 31.3 Å². The van der Waals surface area contributed by atoms with Gasteiger partial charge in [-0.15, -0.1) is 0 Å². The summed E-state index contributed by atoms with van der Waals surface area (Å²) in [6.45, 7) is 5.89. The number of hydrogen-bond acceptors (Lipinski definition) is 4. The van der Waals surface area contributed by atoms with Gasteiger partial charge in [-0.3, -0.25) is 9.69 Å². The molecular formula is C15H22N4O. The number of likely N-dealkylation sites (tertiary alicyclic amines) is 2. The zero-order chi connectivity index (χ0) is 14.2. The molecule has 0 saturated carbocycles. The lowest BCUT2D eigenvalue weighted by molar-refractivity contribution is -0.126. The predicted octanol–water partition coefficient (Wildman–Crippen LogP) is 1.23. The van der Waals surface area contributed by atoms with Crippen LogP contribution in [0.3, 0.4) is 0 Å². The van der Waals surface area contributed by atoms with E-state index in [1.54, 1.807) is 0 Å². The smallest absolute Gasteiger partial charge is 0.222 e. The van der Waals surface area contributed by atoms with Crippen LogP contribution in [0.15, 0.2) is 12.4 Å². The largest absolute Gasteiger partial charge is 0.345 e. The molecule has 0 aromatic carbocycles. The Morgan fingerprint density at radius 2 is 1.90 bits per heavy atom. The molecule has 0 atom stereocenters. The Bertz CT molecular complexity index is 491. The zero-order valence-electron chi connectivity index (χ0n) is 12.3. The maximum absolute atomic E-state index is 11.7. The molecule has 1 aromatic heterocycles. The van der Waals surface area contributed by atoms with Gasteiger partial charge in [-0.1, -0.05) is 0 Å². The number of piperidine rings is 1. The monoisotopic (exact) mass is 274 g/mol. The van der Waals surface area contributed by atoms with Crippen LogP contribution in [-0.2, 0) is 11.3 Å². The number of amides is 1. The van der Waals surface area contributed by atoms with Gasteiger partial charge in [0.25, 0.3) is 0 Å². The number of carbonyl (C=O) groups excluding carboxylic acids is 1. The summed E-state index contributed by atoms with van der Waals surface area (Å²) < 4.78 is 0. The lowest BCUT2D eigenvalue weighted by Gasteiger charge is -2.38. The van der Waals surface area contributed by atoms with Crippen LogP contribution in [0.1, 0.15) is 30.7 Å². The summed E-state index contributed by atoms with van der Waals surface area (Å²) in [5.41, 5.74) is 1.41. The van der Waals surface area contributed by atoms with Crippen LogP contribution in [0.25, 0.3) is 0 Å². The van der Waals surface area contributed by atoms with Crippen molar-refractivity contribution in [2.24, 2.45) is 5.41 Å². The topological polar surface area (TPSA) is 49.3 Å². The SMILES string of the molecule is Cc1ncc(CN2CCC3(CC2)CC(=O)N(C)C3)cn1. The first-order chi connectivity index (χ1) is 9.56. The Kier molecular flexibility index (Phi) is 3.46. The maximum atomic E-state index is 11.7. The van der Waals surface area contributed by atoms with Crippen LogP contribution in [-0.4, -0.2) is 52.4 Å². The highest BCUT2D eigenvalue weighted by molar-refractivity contribution is 5.79. The second-order valence-electron chi connectivity index (χ2n) is 6.34. The molecule has 5 heteroatoms. The summed E-state index contributed by atoms with van der Waals surface area (Å²) in [4.78, 5) is 24.6. The first-order valence-electron chi connectivity index (χ1n) is 7.30. The zero-order valence-corrected chi connectivity index (χ0v) is 12.3. The minimum Gasteiger partial charge on any atom is -0.345 e. The molecule has 1 aromatic rings. The molecule has 3 rings (SSSR count). The van der Waals surface area contributed by atoms with Gasteiger partial charge in [0.2, 0.25) is 5.91 Å². The van der Waals surface area contributed by atoms with Crippen molar-refractivity contribution in [2.45, 2.75) is 32.7 Å². The van der Waals surface area contributed by atoms with Crippen LogP contribution >= 0.6 is 0 Å². The van der Waals surface area contributed by atoms with Crippen LogP contribution in [0.4, 0.5) is 0 Å². The van der Waals surface area contributed by atoms with E-state index < -0.39 is 0 Å². The van der Waals surface area contributed by atoms with Crippen LogP contribution in [0.2, 0.25) is 0 Å². The Morgan fingerprint density at radius 3 is 2.45 bits per heavy atom. The van der Waals surface area contributed by atoms with Crippen molar-refractivity contribution in [3.05, 3.63) is 23.8 Å². The Morgan fingerprint density at radius 1 is 1.25 bits per heavy atom. The quantitative estimate of drug-likeness (QED) is 0.814. The fourth-order valence-corrected chi connectivity index (χ4v) is 3.38. The van der Waals surface area contributed by atoms with Crippen molar-refractivity contribution in [3.63, 3.8) is 0 Å². The van der Waals surface area contributed by atoms with Gasteiger partial charge >= 0.3 is 0 Å². The third-order valence-corrected chi connectivity index (χ3v) is 4.68. The molecule has 1 spiro atoms. The van der Waals surface area contributed by atoms with E-state index in [4.69, 9.17) is 0 Å². The second kappa shape index (κ2) is 5.13. The van der Waals surface area contributed by atoms with Crippen molar-refractivity contribution in [1.82, 2.24) is 19.8 Å². The summed E-state index contributed by atoms with van der Waals surface area (Å²) in [7, 11) is 1.92. The van der Waals surface area contributed by atoms with Gasteiger partial charge in [-0.05, 0) is 38.3 Å². The first-order valence-corrected chi connectivity index (χ1v) is 7.30. The van der Waals surface area contributed by atoms with E-state index in [1.165, 1.54) is 5.56 Å². The molecule has 0 N–H and O–H groups in total. The third-order valence-electron chi connectivity index (χ3n) is 4.68. The van der Waals surface area contributed by atoms with Gasteiger partial charge in [0.05, 0.1) is 0 Å². The highest BCUT2D eigenvalue weighted by Gasteiger charge is 2.43. The Labute approximate surface area is 120 Å². The lowest BCUT2D eigenvalue weighted by atomic mass is 9.77. The molecule has 5 nitrogen and oxygen atoms in total. The van der Waals surface area contributed by atoms with Crippen molar-refractivity contribution in [2.75, 3.05) is 26.7 Å². The van der Waals surface area contributed by atoms with Gasteiger partial charge < -0.3 is 4.90 Å². The van der Waals surface area contributed by atoms with Gasteiger partial charge in [0.1, 0.15) is 5.82 Å². The molecule has 108 valence electrons. The number of aryl methyl sites for hydroxylation is 1. The number of carbonyl (C=O) groups is 1. The van der Waals surface area contributed by atoms with Crippen LogP contribution in [0, 0.1) is 12.3 Å². The summed E-state index contributed by atoms with van der Waals surface area (Å²) in [6, 6.07) is 0. The summed E-state index contributed by atoms with van der Waals surface area (Å²) in [6.07, 6.45) is 6.82. The molecule has 3 heterocycles.